The van der Waals surface area contributed by atoms with E-state index in [1.165, 1.54) is 32.1 Å². The molecule has 0 bridgehead atoms. The van der Waals surface area contributed by atoms with Crippen LogP contribution in [0.4, 0.5) is 0 Å². The van der Waals surface area contributed by atoms with Crippen LogP contribution < -0.4 is 51.4 Å². The Balaban J connectivity index is 0. The zero-order valence-corrected chi connectivity index (χ0v) is 17.0. The fraction of sp³-hybridized carbons (Fsp3) is 1.00. The number of ether oxygens (including phenoxy) is 1. The van der Waals surface area contributed by atoms with Crippen LogP contribution in [-0.2, 0) is 19.3 Å². The number of hydrogen-bond donors (Lipinski definition) is 0. The van der Waals surface area contributed by atoms with Crippen molar-refractivity contribution in [2.45, 2.75) is 77.9 Å². The minimum atomic E-state index is -4.68. The molecule has 0 aliphatic carbocycles. The molecule has 0 radical (unpaired) electrons. The normalized spacial score (nSPS) is 12.9. The molecule has 0 heterocycles. The molecule has 0 aromatic heterocycles. The van der Waals surface area contributed by atoms with Gasteiger partial charge in [0.25, 0.3) is 0 Å². The molecule has 0 aliphatic rings. The molecule has 0 rings (SSSR count). The van der Waals surface area contributed by atoms with Gasteiger partial charge in [-0.25, -0.2) is 12.6 Å². The number of rotatable bonds is 13. The van der Waals surface area contributed by atoms with Crippen LogP contribution in [0.15, 0.2) is 0 Å². The van der Waals surface area contributed by atoms with Gasteiger partial charge >= 0.3 is 51.4 Å². The van der Waals surface area contributed by atoms with Crippen LogP contribution >= 0.6 is 0 Å². The molecular weight excluding hydrogens is 307 g/mol. The van der Waals surface area contributed by atoms with Gasteiger partial charge in [0, 0.05) is 6.61 Å². The zero-order chi connectivity index (χ0) is 14.6. The molecule has 5 nitrogen and oxygen atoms in total. The Hall–Kier alpha value is 1.47. The van der Waals surface area contributed by atoms with E-state index in [9.17, 15) is 13.0 Å². The second-order valence-corrected chi connectivity index (χ2v) is 5.72. The van der Waals surface area contributed by atoms with Crippen molar-refractivity contribution in [3.63, 3.8) is 0 Å². The maximum atomic E-state index is 10.5. The van der Waals surface area contributed by atoms with Gasteiger partial charge in [-0.05, 0) is 12.8 Å². The molecule has 7 heteroatoms. The van der Waals surface area contributed by atoms with Crippen molar-refractivity contribution in [1.29, 1.82) is 0 Å². The van der Waals surface area contributed by atoms with Gasteiger partial charge in [0.05, 0.1) is 0 Å². The first-order chi connectivity index (χ1) is 8.99. The van der Waals surface area contributed by atoms with Crippen molar-refractivity contribution in [3.05, 3.63) is 0 Å². The topological polar surface area (TPSA) is 75.7 Å². The van der Waals surface area contributed by atoms with Crippen LogP contribution in [0.3, 0.4) is 0 Å². The standard InChI is InChI=1S/C13H28O5S.K/c1-3-5-6-7-8-9-10-12-17-13(11-4-2)18-19(14,15)16;/h13H,3-12H2,1-2H3,(H,14,15,16);/q;+1/p-1. The summed E-state index contributed by atoms with van der Waals surface area (Å²) in [7, 11) is -4.68. The van der Waals surface area contributed by atoms with Gasteiger partial charge in [-0.15, -0.1) is 0 Å². The van der Waals surface area contributed by atoms with Gasteiger partial charge in [-0.2, -0.15) is 0 Å². The van der Waals surface area contributed by atoms with Gasteiger partial charge in [-0.3, -0.25) is 0 Å². The molecule has 0 spiro atoms. The van der Waals surface area contributed by atoms with Crippen LogP contribution in [0.1, 0.15) is 71.6 Å². The van der Waals surface area contributed by atoms with Crippen LogP contribution in [0.5, 0.6) is 0 Å². The molecule has 0 amide bonds. The Morgan fingerprint density at radius 3 is 2.00 bits per heavy atom. The molecule has 1 atom stereocenters. The summed E-state index contributed by atoms with van der Waals surface area (Å²) >= 11 is 0. The predicted molar refractivity (Wildman–Crippen MR) is 73.4 cm³/mol. The first-order valence-electron chi connectivity index (χ1n) is 7.25. The van der Waals surface area contributed by atoms with Crippen molar-refractivity contribution in [2.75, 3.05) is 6.61 Å². The summed E-state index contributed by atoms with van der Waals surface area (Å²) in [4.78, 5) is 0. The number of unbranched alkanes of at least 4 members (excludes halogenated alkanes) is 6. The van der Waals surface area contributed by atoms with Gasteiger partial charge in [-0.1, -0.05) is 58.8 Å². The minimum absolute atomic E-state index is 0. The smallest absolute Gasteiger partial charge is 0.725 e. The Labute approximate surface area is 166 Å². The summed E-state index contributed by atoms with van der Waals surface area (Å²) in [5.74, 6) is 0. The third-order valence-corrected chi connectivity index (χ3v) is 3.25. The first kappa shape index (κ1) is 23.7. The SMILES string of the molecule is CCCCCCCCCOC(CCC)OS(=O)(=O)[O-].[K+]. The van der Waals surface area contributed by atoms with Crippen LogP contribution in [0.2, 0.25) is 0 Å². The Morgan fingerprint density at radius 2 is 1.50 bits per heavy atom. The molecule has 0 N–H and O–H groups in total. The fourth-order valence-electron chi connectivity index (χ4n) is 1.80. The van der Waals surface area contributed by atoms with Gasteiger partial charge < -0.3 is 9.29 Å². The first-order valence-corrected chi connectivity index (χ1v) is 8.58. The van der Waals surface area contributed by atoms with E-state index in [-0.39, 0.29) is 51.4 Å². The largest absolute Gasteiger partial charge is 1.00 e. The van der Waals surface area contributed by atoms with Gasteiger partial charge in [0.15, 0.2) is 6.29 Å². The second-order valence-electron chi connectivity index (χ2n) is 4.71. The summed E-state index contributed by atoms with van der Waals surface area (Å²) in [5.41, 5.74) is 0. The Morgan fingerprint density at radius 1 is 0.950 bits per heavy atom. The zero-order valence-electron chi connectivity index (χ0n) is 13.1. The van der Waals surface area contributed by atoms with Crippen LogP contribution in [0.25, 0.3) is 0 Å². The summed E-state index contributed by atoms with van der Waals surface area (Å²) in [5, 5.41) is 0. The van der Waals surface area contributed by atoms with Gasteiger partial charge in [0.1, 0.15) is 0 Å². The van der Waals surface area contributed by atoms with E-state index in [0.29, 0.717) is 19.4 Å². The molecule has 20 heavy (non-hydrogen) atoms. The molecule has 0 aromatic carbocycles. The average Bonchev–Trinajstić information content (AvgIpc) is 2.31. The Kier molecular flexibility index (Phi) is 18.2. The van der Waals surface area contributed by atoms with Crippen molar-refractivity contribution < 1.29 is 73.3 Å². The van der Waals surface area contributed by atoms with Crippen molar-refractivity contribution in [2.24, 2.45) is 0 Å². The minimum Gasteiger partial charge on any atom is -0.725 e. The van der Waals surface area contributed by atoms with E-state index in [1.54, 1.807) is 0 Å². The van der Waals surface area contributed by atoms with Gasteiger partial charge in [0.2, 0.25) is 10.4 Å². The molecule has 1 unspecified atom stereocenters. The summed E-state index contributed by atoms with van der Waals surface area (Å²) in [6.45, 7) is 4.50. The molecule has 0 aromatic rings. The van der Waals surface area contributed by atoms with E-state index in [4.69, 9.17) is 4.74 Å². The van der Waals surface area contributed by atoms with Crippen molar-refractivity contribution >= 4 is 10.4 Å². The molecule has 0 saturated carbocycles. The predicted octanol–water partition coefficient (Wildman–Crippen LogP) is 0.361. The summed E-state index contributed by atoms with van der Waals surface area (Å²) in [6, 6.07) is 0. The molecule has 0 aliphatic heterocycles. The molecule has 0 saturated heterocycles. The summed E-state index contributed by atoms with van der Waals surface area (Å²) < 4.78 is 41.1. The van der Waals surface area contributed by atoms with E-state index in [2.05, 4.69) is 11.1 Å². The maximum Gasteiger partial charge on any atom is 1.00 e. The Bertz CT molecular complexity index is 295. The number of hydrogen-bond acceptors (Lipinski definition) is 5. The average molecular weight is 335 g/mol. The van der Waals surface area contributed by atoms with Crippen LogP contribution in [0, 0.1) is 0 Å². The maximum absolute atomic E-state index is 10.5. The van der Waals surface area contributed by atoms with Crippen molar-refractivity contribution in [1.82, 2.24) is 0 Å². The van der Waals surface area contributed by atoms with Crippen molar-refractivity contribution in [3.8, 4) is 0 Å². The second kappa shape index (κ2) is 15.4. The third kappa shape index (κ3) is 17.5. The monoisotopic (exact) mass is 334 g/mol. The molecule has 0 fully saturated rings. The van der Waals surface area contributed by atoms with E-state index in [0.717, 1.165) is 12.8 Å². The quantitative estimate of drug-likeness (QED) is 0.160. The molecular formula is C13H27KO5S. The van der Waals surface area contributed by atoms with E-state index < -0.39 is 16.7 Å². The van der Waals surface area contributed by atoms with E-state index in [1.807, 2.05) is 6.92 Å². The van der Waals surface area contributed by atoms with E-state index >= 15 is 0 Å². The summed E-state index contributed by atoms with van der Waals surface area (Å²) in [6.07, 6.45) is 8.32. The van der Waals surface area contributed by atoms with Crippen LogP contribution in [-0.4, -0.2) is 25.9 Å². The molecule has 116 valence electrons. The fourth-order valence-corrected chi connectivity index (χ4v) is 2.21. The third-order valence-electron chi connectivity index (χ3n) is 2.80.